The van der Waals surface area contributed by atoms with Crippen molar-refractivity contribution in [2.45, 2.75) is 32.4 Å². The zero-order chi connectivity index (χ0) is 14.7. The lowest BCUT2D eigenvalue weighted by Gasteiger charge is -2.34. The van der Waals surface area contributed by atoms with E-state index in [1.807, 2.05) is 41.3 Å². The first-order valence-corrected chi connectivity index (χ1v) is 7.47. The van der Waals surface area contributed by atoms with Gasteiger partial charge in [0.1, 0.15) is 0 Å². The van der Waals surface area contributed by atoms with Crippen molar-refractivity contribution < 1.29 is 4.79 Å². The Morgan fingerprint density at radius 2 is 2.29 bits per heavy atom. The second-order valence-corrected chi connectivity index (χ2v) is 5.72. The van der Waals surface area contributed by atoms with E-state index < -0.39 is 0 Å². The van der Waals surface area contributed by atoms with Gasteiger partial charge < -0.3 is 9.47 Å². The average molecular weight is 287 g/mol. The third-order valence-corrected chi connectivity index (χ3v) is 4.10. The molecule has 0 N–H and O–H groups in total. The molecule has 0 radical (unpaired) electrons. The Bertz CT molecular complexity index is 563. The molecule has 2 atom stereocenters. The molecule has 6 nitrogen and oxygen atoms in total. The molecular formula is C15H21N5O. The SMILES string of the molecule is C[C@H](Cn1cccn1)C(=O)N1CCC[C@@H](n2ccnc2)C1. The molecule has 3 rings (SSSR count). The van der Waals surface area contributed by atoms with Gasteiger partial charge in [-0.25, -0.2) is 4.98 Å². The van der Waals surface area contributed by atoms with E-state index in [4.69, 9.17) is 0 Å². The summed E-state index contributed by atoms with van der Waals surface area (Å²) in [4.78, 5) is 18.7. The molecule has 3 heterocycles. The number of nitrogens with zero attached hydrogens (tertiary/aromatic N) is 5. The number of aromatic nitrogens is 4. The smallest absolute Gasteiger partial charge is 0.227 e. The van der Waals surface area contributed by atoms with Crippen LogP contribution in [0.3, 0.4) is 0 Å². The average Bonchev–Trinajstić information content (AvgIpc) is 3.20. The van der Waals surface area contributed by atoms with Crippen molar-refractivity contribution >= 4 is 5.91 Å². The molecular weight excluding hydrogens is 266 g/mol. The van der Waals surface area contributed by atoms with E-state index in [-0.39, 0.29) is 11.8 Å². The third-order valence-electron chi connectivity index (χ3n) is 4.10. The minimum atomic E-state index is -0.0496. The Morgan fingerprint density at radius 3 is 3.00 bits per heavy atom. The summed E-state index contributed by atoms with van der Waals surface area (Å²) in [6, 6.07) is 2.23. The van der Waals surface area contributed by atoms with Gasteiger partial charge in [-0.15, -0.1) is 0 Å². The van der Waals surface area contributed by atoms with Crippen LogP contribution in [0.25, 0.3) is 0 Å². The van der Waals surface area contributed by atoms with Crippen LogP contribution in [0, 0.1) is 5.92 Å². The summed E-state index contributed by atoms with van der Waals surface area (Å²) in [6.07, 6.45) is 11.4. The maximum absolute atomic E-state index is 12.6. The summed E-state index contributed by atoms with van der Waals surface area (Å²) in [5.74, 6) is 0.168. The molecule has 2 aromatic rings. The van der Waals surface area contributed by atoms with Crippen molar-refractivity contribution in [1.82, 2.24) is 24.2 Å². The molecule has 112 valence electrons. The van der Waals surface area contributed by atoms with Crippen molar-refractivity contribution in [3.05, 3.63) is 37.2 Å². The summed E-state index contributed by atoms with van der Waals surface area (Å²) in [5, 5.41) is 4.17. The first-order valence-electron chi connectivity index (χ1n) is 7.47. The summed E-state index contributed by atoms with van der Waals surface area (Å²) in [7, 11) is 0. The highest BCUT2D eigenvalue weighted by molar-refractivity contribution is 5.78. The number of carbonyl (C=O) groups is 1. The summed E-state index contributed by atoms with van der Waals surface area (Å²) in [6.45, 7) is 4.25. The van der Waals surface area contributed by atoms with Crippen molar-refractivity contribution in [2.75, 3.05) is 13.1 Å². The topological polar surface area (TPSA) is 56.0 Å². The van der Waals surface area contributed by atoms with E-state index >= 15 is 0 Å². The number of rotatable bonds is 4. The van der Waals surface area contributed by atoms with Gasteiger partial charge in [-0.1, -0.05) is 6.92 Å². The molecule has 1 fully saturated rings. The van der Waals surface area contributed by atoms with Gasteiger partial charge in [0, 0.05) is 37.9 Å². The molecule has 1 saturated heterocycles. The van der Waals surface area contributed by atoms with Crippen molar-refractivity contribution in [3.8, 4) is 0 Å². The number of hydrogen-bond acceptors (Lipinski definition) is 3. The molecule has 21 heavy (non-hydrogen) atoms. The van der Waals surface area contributed by atoms with Crippen LogP contribution in [0.4, 0.5) is 0 Å². The monoisotopic (exact) mass is 287 g/mol. The number of likely N-dealkylation sites (tertiary alicyclic amines) is 1. The van der Waals surface area contributed by atoms with Crippen LogP contribution in [0.5, 0.6) is 0 Å². The number of hydrogen-bond donors (Lipinski definition) is 0. The highest BCUT2D eigenvalue weighted by atomic mass is 16.2. The molecule has 0 aromatic carbocycles. The standard InChI is InChI=1S/C15H21N5O/c1-13(10-20-8-3-5-17-20)15(21)18-7-2-4-14(11-18)19-9-6-16-12-19/h3,5-6,8-9,12-14H,2,4,7,10-11H2,1H3/t13-,14-/m1/s1. The van der Waals surface area contributed by atoms with Crippen molar-refractivity contribution in [1.29, 1.82) is 0 Å². The predicted octanol–water partition coefficient (Wildman–Crippen LogP) is 1.58. The van der Waals surface area contributed by atoms with Gasteiger partial charge in [0.15, 0.2) is 0 Å². The lowest BCUT2D eigenvalue weighted by atomic mass is 10.0. The predicted molar refractivity (Wildman–Crippen MR) is 78.5 cm³/mol. The van der Waals surface area contributed by atoms with Crippen molar-refractivity contribution in [3.63, 3.8) is 0 Å². The largest absolute Gasteiger partial charge is 0.340 e. The summed E-state index contributed by atoms with van der Waals surface area (Å²) in [5.41, 5.74) is 0. The molecule has 6 heteroatoms. The molecule has 2 aromatic heterocycles. The second kappa shape index (κ2) is 6.11. The highest BCUT2D eigenvalue weighted by Gasteiger charge is 2.27. The fourth-order valence-corrected chi connectivity index (χ4v) is 2.96. The van der Waals surface area contributed by atoms with Crippen LogP contribution in [0.15, 0.2) is 37.2 Å². The number of piperidine rings is 1. The van der Waals surface area contributed by atoms with Gasteiger partial charge in [-0.3, -0.25) is 9.48 Å². The molecule has 0 bridgehead atoms. The van der Waals surface area contributed by atoms with E-state index in [0.29, 0.717) is 12.6 Å². The van der Waals surface area contributed by atoms with E-state index in [0.717, 1.165) is 25.9 Å². The van der Waals surface area contributed by atoms with E-state index in [1.54, 1.807) is 12.4 Å². The molecule has 0 aliphatic carbocycles. The van der Waals surface area contributed by atoms with E-state index in [2.05, 4.69) is 14.6 Å². The van der Waals surface area contributed by atoms with Crippen LogP contribution in [0.1, 0.15) is 25.8 Å². The lowest BCUT2D eigenvalue weighted by Crippen LogP contribution is -2.43. The van der Waals surface area contributed by atoms with Crippen LogP contribution >= 0.6 is 0 Å². The third kappa shape index (κ3) is 3.15. The van der Waals surface area contributed by atoms with Gasteiger partial charge in [0.05, 0.1) is 24.8 Å². The zero-order valence-corrected chi connectivity index (χ0v) is 12.3. The number of carbonyl (C=O) groups excluding carboxylic acids is 1. The molecule has 0 unspecified atom stereocenters. The van der Waals surface area contributed by atoms with E-state index in [1.165, 1.54) is 0 Å². The Balaban J connectivity index is 1.61. The van der Waals surface area contributed by atoms with Gasteiger partial charge >= 0.3 is 0 Å². The molecule has 0 spiro atoms. The second-order valence-electron chi connectivity index (χ2n) is 5.72. The van der Waals surface area contributed by atoms with Gasteiger partial charge in [0.2, 0.25) is 5.91 Å². The van der Waals surface area contributed by atoms with E-state index in [9.17, 15) is 4.79 Å². The normalized spacial score (nSPS) is 20.4. The highest BCUT2D eigenvalue weighted by Crippen LogP contribution is 2.22. The quantitative estimate of drug-likeness (QED) is 0.858. The summed E-state index contributed by atoms with van der Waals surface area (Å²) >= 11 is 0. The minimum absolute atomic E-state index is 0.0496. The van der Waals surface area contributed by atoms with Gasteiger partial charge in [-0.2, -0.15) is 5.10 Å². The number of amides is 1. The van der Waals surface area contributed by atoms with Gasteiger partial charge in [0.25, 0.3) is 0 Å². The fraction of sp³-hybridized carbons (Fsp3) is 0.533. The van der Waals surface area contributed by atoms with Gasteiger partial charge in [-0.05, 0) is 18.9 Å². The first-order chi connectivity index (χ1) is 10.2. The Hall–Kier alpha value is -2.11. The zero-order valence-electron chi connectivity index (χ0n) is 12.3. The first kappa shape index (κ1) is 13.9. The molecule has 1 amide bonds. The Labute approximate surface area is 124 Å². The molecule has 0 saturated carbocycles. The van der Waals surface area contributed by atoms with Crippen LogP contribution in [-0.4, -0.2) is 43.2 Å². The maximum atomic E-state index is 12.6. The van der Waals surface area contributed by atoms with Crippen LogP contribution < -0.4 is 0 Å². The maximum Gasteiger partial charge on any atom is 0.227 e. The fourth-order valence-electron chi connectivity index (χ4n) is 2.96. The summed E-state index contributed by atoms with van der Waals surface area (Å²) < 4.78 is 3.93. The molecule has 1 aliphatic heterocycles. The number of imidazole rings is 1. The molecule has 1 aliphatic rings. The van der Waals surface area contributed by atoms with Crippen molar-refractivity contribution in [2.24, 2.45) is 5.92 Å². The Kier molecular flexibility index (Phi) is 4.03. The minimum Gasteiger partial charge on any atom is -0.340 e. The van der Waals surface area contributed by atoms with Crippen LogP contribution in [0.2, 0.25) is 0 Å². The Morgan fingerprint density at radius 1 is 1.38 bits per heavy atom. The van der Waals surface area contributed by atoms with Crippen LogP contribution in [-0.2, 0) is 11.3 Å². The lowest BCUT2D eigenvalue weighted by molar-refractivity contribution is -0.137.